The molecule has 2 nitrogen and oxygen atoms in total. The second-order valence-corrected chi connectivity index (χ2v) is 5.98. The molecule has 102 valence electrons. The number of rotatable bonds is 5. The number of hydrogen-bond acceptors (Lipinski definition) is 1. The molecule has 3 rings (SSSR count). The van der Waals surface area contributed by atoms with Crippen LogP contribution in [0.15, 0.2) is 18.2 Å². The van der Waals surface area contributed by atoms with E-state index in [1.165, 1.54) is 30.3 Å². The molecule has 0 amide bonds. The fourth-order valence-electron chi connectivity index (χ4n) is 3.00. The predicted molar refractivity (Wildman–Crippen MR) is 80.7 cm³/mol. The van der Waals surface area contributed by atoms with Crippen LogP contribution in [-0.2, 0) is 5.88 Å². The van der Waals surface area contributed by atoms with Crippen LogP contribution in [0.1, 0.15) is 50.0 Å². The number of halogens is 1. The molecule has 0 bridgehead atoms. The van der Waals surface area contributed by atoms with Gasteiger partial charge < -0.3 is 4.57 Å². The molecule has 19 heavy (non-hydrogen) atoms. The van der Waals surface area contributed by atoms with Crippen molar-refractivity contribution in [2.75, 3.05) is 0 Å². The highest BCUT2D eigenvalue weighted by Gasteiger charge is 2.27. The molecule has 0 aliphatic heterocycles. The van der Waals surface area contributed by atoms with Gasteiger partial charge in [0.2, 0.25) is 0 Å². The average molecular weight is 277 g/mol. The van der Waals surface area contributed by atoms with Gasteiger partial charge in [-0.15, -0.1) is 11.6 Å². The van der Waals surface area contributed by atoms with Gasteiger partial charge in [0.25, 0.3) is 0 Å². The molecule has 1 aromatic heterocycles. The highest BCUT2D eigenvalue weighted by molar-refractivity contribution is 6.16. The van der Waals surface area contributed by atoms with Gasteiger partial charge in [0.15, 0.2) is 0 Å². The predicted octanol–water partition coefficient (Wildman–Crippen LogP) is 4.83. The first-order valence-electron chi connectivity index (χ1n) is 7.27. The first-order chi connectivity index (χ1) is 9.24. The fraction of sp³-hybridized carbons (Fsp3) is 0.562. The summed E-state index contributed by atoms with van der Waals surface area (Å²) in [5.41, 5.74) is 3.61. The zero-order chi connectivity index (χ0) is 13.4. The van der Waals surface area contributed by atoms with Gasteiger partial charge in [-0.2, -0.15) is 0 Å². The molecule has 3 heteroatoms. The van der Waals surface area contributed by atoms with E-state index in [2.05, 4.69) is 36.6 Å². The molecule has 1 saturated carbocycles. The molecular weight excluding hydrogens is 256 g/mol. The Hall–Kier alpha value is -1.02. The van der Waals surface area contributed by atoms with Crippen LogP contribution in [0.2, 0.25) is 0 Å². The number of para-hydroxylation sites is 1. The lowest BCUT2D eigenvalue weighted by Crippen LogP contribution is -2.11. The molecule has 1 aliphatic carbocycles. The molecule has 1 heterocycles. The molecule has 1 aliphatic rings. The van der Waals surface area contributed by atoms with E-state index in [-0.39, 0.29) is 0 Å². The van der Waals surface area contributed by atoms with Gasteiger partial charge in [-0.05, 0) is 37.3 Å². The summed E-state index contributed by atoms with van der Waals surface area (Å²) in [6, 6.07) is 6.98. The van der Waals surface area contributed by atoms with E-state index in [1.807, 2.05) is 0 Å². The van der Waals surface area contributed by atoms with Gasteiger partial charge in [-0.3, -0.25) is 0 Å². The monoisotopic (exact) mass is 276 g/mol. The normalized spacial score (nSPS) is 17.0. The van der Waals surface area contributed by atoms with E-state index in [4.69, 9.17) is 16.6 Å². The number of nitrogens with zero attached hydrogens (tertiary/aromatic N) is 2. The number of aromatic nitrogens is 2. The summed E-state index contributed by atoms with van der Waals surface area (Å²) in [7, 11) is 0. The minimum absolute atomic E-state index is 0.495. The van der Waals surface area contributed by atoms with Gasteiger partial charge >= 0.3 is 0 Å². The summed E-state index contributed by atoms with van der Waals surface area (Å²) in [5, 5.41) is 0. The van der Waals surface area contributed by atoms with Crippen LogP contribution in [0.4, 0.5) is 0 Å². The molecule has 1 unspecified atom stereocenters. The zero-order valence-corrected chi connectivity index (χ0v) is 12.5. The van der Waals surface area contributed by atoms with Gasteiger partial charge in [0.1, 0.15) is 5.82 Å². The summed E-state index contributed by atoms with van der Waals surface area (Å²) in [5.74, 6) is 2.45. The van der Waals surface area contributed by atoms with Crippen molar-refractivity contribution in [1.82, 2.24) is 9.55 Å². The van der Waals surface area contributed by atoms with Crippen molar-refractivity contribution in [3.05, 3.63) is 29.6 Å². The fourth-order valence-corrected chi connectivity index (χ4v) is 3.19. The third kappa shape index (κ3) is 2.38. The van der Waals surface area contributed by atoms with Crippen LogP contribution >= 0.6 is 11.6 Å². The Morgan fingerprint density at radius 3 is 2.84 bits per heavy atom. The van der Waals surface area contributed by atoms with Crippen molar-refractivity contribution >= 4 is 22.6 Å². The van der Waals surface area contributed by atoms with Crippen molar-refractivity contribution in [1.29, 1.82) is 0 Å². The minimum atomic E-state index is 0.495. The molecular formula is C16H21ClN2. The number of imidazole rings is 1. The third-order valence-electron chi connectivity index (χ3n) is 4.25. The quantitative estimate of drug-likeness (QED) is 0.715. The maximum Gasteiger partial charge on any atom is 0.125 e. The Morgan fingerprint density at radius 2 is 2.21 bits per heavy atom. The van der Waals surface area contributed by atoms with Crippen molar-refractivity contribution in [2.24, 2.45) is 5.92 Å². The lowest BCUT2D eigenvalue weighted by Gasteiger charge is -2.20. The standard InChI is InChI=1S/C16H21ClN2/c1-3-13(9-12-7-8-12)19-14-6-4-5-11(2)16(14)18-15(19)10-17/h4-6,12-13H,3,7-10H2,1-2H3. The Balaban J connectivity index is 2.10. The second-order valence-electron chi connectivity index (χ2n) is 5.72. The van der Waals surface area contributed by atoms with Crippen molar-refractivity contribution < 1.29 is 0 Å². The van der Waals surface area contributed by atoms with Gasteiger partial charge in [-0.25, -0.2) is 4.98 Å². The van der Waals surface area contributed by atoms with E-state index in [9.17, 15) is 0 Å². The molecule has 0 spiro atoms. The Kier molecular flexibility index (Phi) is 3.53. The van der Waals surface area contributed by atoms with Crippen molar-refractivity contribution in [3.63, 3.8) is 0 Å². The van der Waals surface area contributed by atoms with E-state index < -0.39 is 0 Å². The number of benzene rings is 1. The molecule has 1 atom stereocenters. The van der Waals surface area contributed by atoms with E-state index in [0.717, 1.165) is 23.7 Å². The Morgan fingerprint density at radius 1 is 1.42 bits per heavy atom. The molecule has 0 N–H and O–H groups in total. The van der Waals surface area contributed by atoms with Gasteiger partial charge in [0.05, 0.1) is 16.9 Å². The van der Waals surface area contributed by atoms with Crippen LogP contribution in [0, 0.1) is 12.8 Å². The summed E-state index contributed by atoms with van der Waals surface area (Å²) >= 11 is 6.13. The first-order valence-corrected chi connectivity index (χ1v) is 7.80. The Labute approximate surface area is 119 Å². The van der Waals surface area contributed by atoms with Gasteiger partial charge in [-0.1, -0.05) is 31.9 Å². The van der Waals surface area contributed by atoms with Gasteiger partial charge in [0, 0.05) is 6.04 Å². The third-order valence-corrected chi connectivity index (χ3v) is 4.49. The maximum atomic E-state index is 6.13. The lowest BCUT2D eigenvalue weighted by atomic mass is 10.1. The number of alkyl halides is 1. The largest absolute Gasteiger partial charge is 0.324 e. The van der Waals surface area contributed by atoms with Crippen LogP contribution in [-0.4, -0.2) is 9.55 Å². The van der Waals surface area contributed by atoms with Crippen LogP contribution in [0.3, 0.4) is 0 Å². The molecule has 0 radical (unpaired) electrons. The summed E-state index contributed by atoms with van der Waals surface area (Å²) in [6.45, 7) is 4.40. The average Bonchev–Trinajstić information content (AvgIpc) is 3.15. The maximum absolute atomic E-state index is 6.13. The van der Waals surface area contributed by atoms with E-state index >= 15 is 0 Å². The van der Waals surface area contributed by atoms with Crippen LogP contribution in [0.5, 0.6) is 0 Å². The summed E-state index contributed by atoms with van der Waals surface area (Å²) in [6.07, 6.45) is 5.23. The van der Waals surface area contributed by atoms with Crippen molar-refractivity contribution in [2.45, 2.75) is 51.5 Å². The second kappa shape index (κ2) is 5.16. The number of hydrogen-bond donors (Lipinski definition) is 0. The topological polar surface area (TPSA) is 17.8 Å². The highest BCUT2D eigenvalue weighted by atomic mass is 35.5. The molecule has 1 fully saturated rings. The molecule has 0 saturated heterocycles. The van der Waals surface area contributed by atoms with Crippen LogP contribution in [0.25, 0.3) is 11.0 Å². The first kappa shape index (κ1) is 13.0. The van der Waals surface area contributed by atoms with E-state index in [0.29, 0.717) is 11.9 Å². The number of aryl methyl sites for hydroxylation is 1. The minimum Gasteiger partial charge on any atom is -0.324 e. The van der Waals surface area contributed by atoms with E-state index in [1.54, 1.807) is 0 Å². The highest BCUT2D eigenvalue weighted by Crippen LogP contribution is 2.39. The molecule has 1 aromatic carbocycles. The zero-order valence-electron chi connectivity index (χ0n) is 11.7. The number of fused-ring (bicyclic) bond motifs is 1. The smallest absolute Gasteiger partial charge is 0.125 e. The Bertz CT molecular complexity index is 584. The molecule has 2 aromatic rings. The van der Waals surface area contributed by atoms with Crippen molar-refractivity contribution in [3.8, 4) is 0 Å². The summed E-state index contributed by atoms with van der Waals surface area (Å²) < 4.78 is 2.40. The lowest BCUT2D eigenvalue weighted by molar-refractivity contribution is 0.429. The summed E-state index contributed by atoms with van der Waals surface area (Å²) in [4.78, 5) is 4.76. The van der Waals surface area contributed by atoms with Crippen LogP contribution < -0.4 is 0 Å². The SMILES string of the molecule is CCC(CC1CC1)n1c(CCl)nc2c(C)cccc21.